The van der Waals surface area contributed by atoms with Crippen LogP contribution in [0.2, 0.25) is 5.15 Å². The molecule has 1 unspecified atom stereocenters. The quantitative estimate of drug-likeness (QED) is 0.774. The van der Waals surface area contributed by atoms with Crippen LogP contribution in [0.3, 0.4) is 0 Å². The van der Waals surface area contributed by atoms with Crippen molar-refractivity contribution in [3.05, 3.63) is 17.2 Å². The predicted molar refractivity (Wildman–Crippen MR) is 56.6 cm³/mol. The molecule has 6 heteroatoms. The Labute approximate surface area is 93.2 Å². The second-order valence-corrected chi connectivity index (χ2v) is 3.60. The van der Waals surface area contributed by atoms with Gasteiger partial charge in [0.25, 0.3) is 0 Å². The lowest BCUT2D eigenvalue weighted by atomic mass is 10.0. The minimum absolute atomic E-state index is 0.155. The van der Waals surface area contributed by atoms with Crippen molar-refractivity contribution in [2.45, 2.75) is 12.3 Å². The number of nitrogens with two attached hydrogens (primary N) is 1. The second-order valence-electron chi connectivity index (χ2n) is 3.24. The van der Waals surface area contributed by atoms with Gasteiger partial charge in [-0.1, -0.05) is 11.6 Å². The lowest BCUT2D eigenvalue weighted by Gasteiger charge is -2.14. The molecule has 0 aromatic carbocycles. The molecule has 0 bridgehead atoms. The van der Waals surface area contributed by atoms with Crippen LogP contribution in [0, 0.1) is 0 Å². The molecule has 1 aromatic heterocycles. The normalized spacial score (nSPS) is 12.5. The summed E-state index contributed by atoms with van der Waals surface area (Å²) in [4.78, 5) is 15.1. The first-order valence-electron chi connectivity index (χ1n) is 4.53. The number of rotatable bonds is 4. The molecule has 2 N–H and O–H groups in total. The molecule has 0 aliphatic heterocycles. The Hall–Kier alpha value is -1.07. The zero-order chi connectivity index (χ0) is 11.4. The van der Waals surface area contributed by atoms with Gasteiger partial charge in [0.1, 0.15) is 0 Å². The molecular weight excluding hydrogens is 218 g/mol. The molecular formula is C9H14ClN3O2. The highest BCUT2D eigenvalue weighted by Gasteiger charge is 2.21. The number of carbonyl (C=O) groups excluding carboxylic acids is 1. The fourth-order valence-electron chi connectivity index (χ4n) is 1.44. The van der Waals surface area contributed by atoms with Gasteiger partial charge in [0, 0.05) is 19.5 Å². The molecule has 0 aliphatic carbocycles. The number of nitrogens with zero attached hydrogens (tertiary/aromatic N) is 2. The zero-order valence-electron chi connectivity index (χ0n) is 8.74. The van der Waals surface area contributed by atoms with E-state index in [1.54, 1.807) is 10.9 Å². The fourth-order valence-corrected chi connectivity index (χ4v) is 1.77. The summed E-state index contributed by atoms with van der Waals surface area (Å²) in [5.41, 5.74) is 6.37. The average molecular weight is 232 g/mol. The molecule has 84 valence electrons. The number of imidazole rings is 1. The van der Waals surface area contributed by atoms with Crippen LogP contribution in [0.1, 0.15) is 18.0 Å². The van der Waals surface area contributed by atoms with Crippen LogP contribution in [-0.2, 0) is 16.6 Å². The van der Waals surface area contributed by atoms with Crippen LogP contribution in [0.5, 0.6) is 0 Å². The topological polar surface area (TPSA) is 70.1 Å². The van der Waals surface area contributed by atoms with Gasteiger partial charge in [-0.2, -0.15) is 0 Å². The number of methoxy groups -OCH3 is 1. The first-order chi connectivity index (χ1) is 7.10. The van der Waals surface area contributed by atoms with Crippen LogP contribution >= 0.6 is 11.6 Å². The smallest absolute Gasteiger partial charge is 0.306 e. The van der Waals surface area contributed by atoms with Gasteiger partial charge in [-0.05, 0) is 0 Å². The number of carbonyl (C=O) groups is 1. The van der Waals surface area contributed by atoms with Crippen molar-refractivity contribution in [2.75, 3.05) is 13.7 Å². The van der Waals surface area contributed by atoms with Crippen molar-refractivity contribution in [3.8, 4) is 0 Å². The summed E-state index contributed by atoms with van der Waals surface area (Å²) < 4.78 is 6.36. The summed E-state index contributed by atoms with van der Waals surface area (Å²) in [6, 6.07) is 0. The summed E-state index contributed by atoms with van der Waals surface area (Å²) in [6.45, 7) is 0.328. The molecule has 1 aromatic rings. The minimum Gasteiger partial charge on any atom is -0.469 e. The van der Waals surface area contributed by atoms with Crippen molar-refractivity contribution < 1.29 is 9.53 Å². The first-order valence-corrected chi connectivity index (χ1v) is 4.91. The highest BCUT2D eigenvalue weighted by Crippen LogP contribution is 2.25. The van der Waals surface area contributed by atoms with Gasteiger partial charge in [-0.3, -0.25) is 4.79 Å². The van der Waals surface area contributed by atoms with Gasteiger partial charge in [0.05, 0.1) is 25.6 Å². The largest absolute Gasteiger partial charge is 0.469 e. The third kappa shape index (κ3) is 2.70. The highest BCUT2D eigenvalue weighted by atomic mass is 35.5. The van der Waals surface area contributed by atoms with Crippen LogP contribution in [-0.4, -0.2) is 29.2 Å². The lowest BCUT2D eigenvalue weighted by Crippen LogP contribution is -2.19. The molecule has 1 heterocycles. The van der Waals surface area contributed by atoms with Crippen LogP contribution in [0.25, 0.3) is 0 Å². The number of hydrogen-bond acceptors (Lipinski definition) is 4. The van der Waals surface area contributed by atoms with Crippen molar-refractivity contribution in [3.63, 3.8) is 0 Å². The lowest BCUT2D eigenvalue weighted by molar-refractivity contribution is -0.141. The van der Waals surface area contributed by atoms with E-state index in [1.807, 2.05) is 7.05 Å². The number of halogens is 1. The number of esters is 1. The van der Waals surface area contributed by atoms with Crippen LogP contribution in [0.15, 0.2) is 6.33 Å². The Morgan fingerprint density at radius 3 is 2.87 bits per heavy atom. The SMILES string of the molecule is COC(=O)CC(CN)c1c(Cl)ncn1C. The third-order valence-electron chi connectivity index (χ3n) is 2.25. The summed E-state index contributed by atoms with van der Waals surface area (Å²) in [6.07, 6.45) is 1.81. The zero-order valence-corrected chi connectivity index (χ0v) is 9.49. The molecule has 1 rings (SSSR count). The number of aromatic nitrogens is 2. The molecule has 1 atom stereocenters. The maximum absolute atomic E-state index is 11.1. The summed E-state index contributed by atoms with van der Waals surface area (Å²) >= 11 is 5.91. The maximum atomic E-state index is 11.1. The second kappa shape index (κ2) is 5.14. The summed E-state index contributed by atoms with van der Waals surface area (Å²) in [5, 5.41) is 0.386. The van der Waals surface area contributed by atoms with E-state index in [9.17, 15) is 4.79 Å². The van der Waals surface area contributed by atoms with Crippen molar-refractivity contribution in [2.24, 2.45) is 12.8 Å². The molecule has 0 spiro atoms. The number of hydrogen-bond donors (Lipinski definition) is 1. The van der Waals surface area contributed by atoms with E-state index in [0.29, 0.717) is 11.7 Å². The van der Waals surface area contributed by atoms with Crippen molar-refractivity contribution >= 4 is 17.6 Å². The highest BCUT2D eigenvalue weighted by molar-refractivity contribution is 6.30. The van der Waals surface area contributed by atoms with E-state index in [1.165, 1.54) is 7.11 Å². The monoisotopic (exact) mass is 231 g/mol. The number of aryl methyl sites for hydroxylation is 1. The van der Waals surface area contributed by atoms with E-state index in [0.717, 1.165) is 5.69 Å². The van der Waals surface area contributed by atoms with Crippen LogP contribution < -0.4 is 5.73 Å². The molecule has 15 heavy (non-hydrogen) atoms. The first kappa shape index (κ1) is 12.0. The minimum atomic E-state index is -0.303. The maximum Gasteiger partial charge on any atom is 0.306 e. The number of ether oxygens (including phenoxy) is 1. The van der Waals surface area contributed by atoms with Crippen molar-refractivity contribution in [1.82, 2.24) is 9.55 Å². The molecule has 0 aliphatic rings. The molecule has 0 amide bonds. The van der Waals surface area contributed by atoms with Crippen LogP contribution in [0.4, 0.5) is 0 Å². The Morgan fingerprint density at radius 2 is 2.47 bits per heavy atom. The average Bonchev–Trinajstić information content (AvgIpc) is 2.55. The molecule has 0 saturated carbocycles. The van der Waals surface area contributed by atoms with E-state index in [-0.39, 0.29) is 18.3 Å². The summed E-state index contributed by atoms with van der Waals surface area (Å²) in [5.74, 6) is -0.458. The van der Waals surface area contributed by atoms with E-state index >= 15 is 0 Å². The van der Waals surface area contributed by atoms with E-state index in [4.69, 9.17) is 17.3 Å². The Morgan fingerprint density at radius 1 is 1.80 bits per heavy atom. The molecule has 0 saturated heterocycles. The Balaban J connectivity index is 2.87. The Kier molecular flexibility index (Phi) is 4.11. The molecule has 0 fully saturated rings. The standard InChI is InChI=1S/C9H14ClN3O2/c1-13-5-12-9(10)8(13)6(4-11)3-7(14)15-2/h5-6H,3-4,11H2,1-2H3. The van der Waals surface area contributed by atoms with Gasteiger partial charge in [-0.25, -0.2) is 4.98 Å². The molecule has 0 radical (unpaired) electrons. The Bertz CT molecular complexity index is 332. The fraction of sp³-hybridized carbons (Fsp3) is 0.556. The van der Waals surface area contributed by atoms with Crippen molar-refractivity contribution in [1.29, 1.82) is 0 Å². The van der Waals surface area contributed by atoms with Gasteiger partial charge >= 0.3 is 5.97 Å². The van der Waals surface area contributed by atoms with Gasteiger partial charge in [-0.15, -0.1) is 0 Å². The third-order valence-corrected chi connectivity index (χ3v) is 2.54. The van der Waals surface area contributed by atoms with E-state index in [2.05, 4.69) is 9.72 Å². The van der Waals surface area contributed by atoms with Gasteiger partial charge in [0.15, 0.2) is 5.15 Å². The van der Waals surface area contributed by atoms with Gasteiger partial charge in [0.2, 0.25) is 0 Å². The molecule has 5 nitrogen and oxygen atoms in total. The summed E-state index contributed by atoms with van der Waals surface area (Å²) in [7, 11) is 3.16. The van der Waals surface area contributed by atoms with E-state index < -0.39 is 0 Å². The predicted octanol–water partition coefficient (Wildman–Crippen LogP) is 0.679. The van der Waals surface area contributed by atoms with Gasteiger partial charge < -0.3 is 15.0 Å².